The molecule has 0 saturated heterocycles. The van der Waals surface area contributed by atoms with Gasteiger partial charge < -0.3 is 9.72 Å². The first-order valence-corrected chi connectivity index (χ1v) is 8.42. The molecular formula is C21H16N2O3. The van der Waals surface area contributed by atoms with Gasteiger partial charge in [0.25, 0.3) is 5.56 Å². The Bertz CT molecular complexity index is 1100. The summed E-state index contributed by atoms with van der Waals surface area (Å²) in [6, 6.07) is 18.4. The summed E-state index contributed by atoms with van der Waals surface area (Å²) in [5.74, 6) is -0.382. The number of fused-ring (bicyclic) bond motifs is 1. The summed E-state index contributed by atoms with van der Waals surface area (Å²) in [5.41, 5.74) is 1.33. The predicted octanol–water partition coefficient (Wildman–Crippen LogP) is 3.17. The molecule has 4 rings (SSSR count). The van der Waals surface area contributed by atoms with Crippen molar-refractivity contribution in [3.8, 4) is 6.07 Å². The van der Waals surface area contributed by atoms with E-state index in [4.69, 9.17) is 4.74 Å². The van der Waals surface area contributed by atoms with Crippen molar-refractivity contribution in [2.24, 2.45) is 0 Å². The van der Waals surface area contributed by atoms with Crippen molar-refractivity contribution < 1.29 is 9.53 Å². The van der Waals surface area contributed by atoms with Gasteiger partial charge in [0.2, 0.25) is 0 Å². The summed E-state index contributed by atoms with van der Waals surface area (Å²) in [7, 11) is 0. The van der Waals surface area contributed by atoms with Crippen molar-refractivity contribution in [2.75, 3.05) is 0 Å². The smallest absolute Gasteiger partial charge is 0.316 e. The normalized spacial score (nSPS) is 14.6. The standard InChI is InChI=1S/C21H16N2O3/c22-12-15-6-1-3-7-17(15)21(9-10-21)20(25)26-13-16-11-14-5-2-4-8-18(14)23-19(16)24/h1-8,11H,9-10,13H2,(H,23,24). The first-order valence-electron chi connectivity index (χ1n) is 8.42. The minimum absolute atomic E-state index is 0.0878. The lowest BCUT2D eigenvalue weighted by Crippen LogP contribution is -2.25. The van der Waals surface area contributed by atoms with Gasteiger partial charge >= 0.3 is 5.97 Å². The lowest BCUT2D eigenvalue weighted by Gasteiger charge is -2.16. The fourth-order valence-electron chi connectivity index (χ4n) is 3.29. The lowest BCUT2D eigenvalue weighted by atomic mass is 9.92. The molecule has 0 aliphatic heterocycles. The maximum atomic E-state index is 12.7. The van der Waals surface area contributed by atoms with E-state index in [1.54, 1.807) is 24.3 Å². The number of ether oxygens (including phenoxy) is 1. The number of nitrogens with zero attached hydrogens (tertiary/aromatic N) is 1. The Morgan fingerprint density at radius 3 is 2.65 bits per heavy atom. The zero-order valence-corrected chi connectivity index (χ0v) is 14.0. The van der Waals surface area contributed by atoms with E-state index in [2.05, 4.69) is 11.1 Å². The van der Waals surface area contributed by atoms with Crippen molar-refractivity contribution in [2.45, 2.75) is 24.9 Å². The van der Waals surface area contributed by atoms with E-state index >= 15 is 0 Å². The highest BCUT2D eigenvalue weighted by Gasteiger charge is 2.53. The number of para-hydroxylation sites is 1. The molecule has 0 spiro atoms. The second-order valence-corrected chi connectivity index (χ2v) is 6.53. The van der Waals surface area contributed by atoms with Crippen LogP contribution in [0, 0.1) is 11.3 Å². The highest BCUT2D eigenvalue weighted by Crippen LogP contribution is 2.50. The molecule has 1 saturated carbocycles. The van der Waals surface area contributed by atoms with E-state index in [9.17, 15) is 14.9 Å². The number of pyridine rings is 1. The van der Waals surface area contributed by atoms with Gasteiger partial charge in [-0.05, 0) is 42.0 Å². The van der Waals surface area contributed by atoms with Crippen LogP contribution in [-0.2, 0) is 21.6 Å². The Morgan fingerprint density at radius 2 is 1.88 bits per heavy atom. The van der Waals surface area contributed by atoms with Crippen molar-refractivity contribution in [3.63, 3.8) is 0 Å². The van der Waals surface area contributed by atoms with Gasteiger partial charge in [-0.15, -0.1) is 0 Å². The van der Waals surface area contributed by atoms with E-state index in [0.29, 0.717) is 29.5 Å². The number of hydrogen-bond acceptors (Lipinski definition) is 4. The molecule has 1 aliphatic rings. The van der Waals surface area contributed by atoms with Gasteiger partial charge in [-0.1, -0.05) is 36.4 Å². The minimum Gasteiger partial charge on any atom is -0.460 e. The molecule has 0 bridgehead atoms. The van der Waals surface area contributed by atoms with Crippen LogP contribution in [-0.4, -0.2) is 11.0 Å². The van der Waals surface area contributed by atoms with Crippen LogP contribution >= 0.6 is 0 Å². The number of hydrogen-bond donors (Lipinski definition) is 1. The molecule has 3 aromatic rings. The molecule has 1 aliphatic carbocycles. The average molecular weight is 344 g/mol. The van der Waals surface area contributed by atoms with Crippen molar-refractivity contribution in [3.05, 3.63) is 81.6 Å². The van der Waals surface area contributed by atoms with E-state index in [-0.39, 0.29) is 18.1 Å². The molecular weight excluding hydrogens is 328 g/mol. The molecule has 0 amide bonds. The maximum Gasteiger partial charge on any atom is 0.316 e. The third-order valence-electron chi connectivity index (χ3n) is 4.89. The third-order valence-corrected chi connectivity index (χ3v) is 4.89. The number of aromatic amines is 1. The molecule has 2 aromatic carbocycles. The Hall–Kier alpha value is -3.39. The Morgan fingerprint density at radius 1 is 1.15 bits per heavy atom. The molecule has 5 heteroatoms. The van der Waals surface area contributed by atoms with Gasteiger partial charge in [0.1, 0.15) is 6.61 Å². The first kappa shape index (κ1) is 16.1. The zero-order chi connectivity index (χ0) is 18.1. The second kappa shape index (κ2) is 6.16. The SMILES string of the molecule is N#Cc1ccccc1C1(C(=O)OCc2cc3ccccc3[nH]c2=O)CC1. The summed E-state index contributed by atoms with van der Waals surface area (Å²) in [6.07, 6.45) is 1.30. The highest BCUT2D eigenvalue weighted by molar-refractivity contribution is 5.87. The largest absolute Gasteiger partial charge is 0.460 e. The molecule has 1 N–H and O–H groups in total. The number of rotatable bonds is 4. The zero-order valence-electron chi connectivity index (χ0n) is 14.0. The van der Waals surface area contributed by atoms with Crippen molar-refractivity contribution in [1.82, 2.24) is 4.98 Å². The monoisotopic (exact) mass is 344 g/mol. The quantitative estimate of drug-likeness (QED) is 0.737. The Balaban J connectivity index is 1.57. The fourth-order valence-corrected chi connectivity index (χ4v) is 3.29. The van der Waals surface area contributed by atoms with Crippen LogP contribution in [0.3, 0.4) is 0 Å². The van der Waals surface area contributed by atoms with Crippen molar-refractivity contribution >= 4 is 16.9 Å². The molecule has 0 atom stereocenters. The molecule has 5 nitrogen and oxygen atoms in total. The lowest BCUT2D eigenvalue weighted by molar-refractivity contribution is -0.148. The van der Waals surface area contributed by atoms with Gasteiger partial charge in [0, 0.05) is 5.52 Å². The molecule has 26 heavy (non-hydrogen) atoms. The summed E-state index contributed by atoms with van der Waals surface area (Å²) >= 11 is 0. The molecule has 0 unspecified atom stereocenters. The predicted molar refractivity (Wildman–Crippen MR) is 96.4 cm³/mol. The molecule has 1 fully saturated rings. The number of nitrogens with one attached hydrogen (secondary N) is 1. The van der Waals surface area contributed by atoms with Gasteiger partial charge in [0.15, 0.2) is 0 Å². The van der Waals surface area contributed by atoms with Crippen LogP contribution in [0.1, 0.15) is 29.5 Å². The van der Waals surface area contributed by atoms with Crippen LogP contribution in [0.4, 0.5) is 0 Å². The highest BCUT2D eigenvalue weighted by atomic mass is 16.5. The second-order valence-electron chi connectivity index (χ2n) is 6.53. The summed E-state index contributed by atoms with van der Waals surface area (Å²) in [6.45, 7) is -0.0878. The number of benzene rings is 2. The summed E-state index contributed by atoms with van der Waals surface area (Å²) in [5, 5.41) is 10.2. The van der Waals surface area contributed by atoms with Gasteiger partial charge in [0.05, 0.1) is 22.6 Å². The molecule has 1 heterocycles. The fraction of sp³-hybridized carbons (Fsp3) is 0.190. The maximum absolute atomic E-state index is 12.7. The van der Waals surface area contributed by atoms with Crippen LogP contribution < -0.4 is 5.56 Å². The molecule has 0 radical (unpaired) electrons. The first-order chi connectivity index (χ1) is 12.6. The van der Waals surface area contributed by atoms with E-state index < -0.39 is 5.41 Å². The van der Waals surface area contributed by atoms with Gasteiger partial charge in [-0.3, -0.25) is 9.59 Å². The number of H-pyrrole nitrogens is 1. The number of carbonyl (C=O) groups excluding carboxylic acids is 1. The number of esters is 1. The number of aromatic nitrogens is 1. The minimum atomic E-state index is -0.754. The van der Waals surface area contributed by atoms with Crippen molar-refractivity contribution in [1.29, 1.82) is 5.26 Å². The van der Waals surface area contributed by atoms with E-state index in [0.717, 1.165) is 10.9 Å². The van der Waals surface area contributed by atoms with E-state index in [1.165, 1.54) is 0 Å². The van der Waals surface area contributed by atoms with Crippen LogP contribution in [0.2, 0.25) is 0 Å². The third kappa shape index (κ3) is 2.66. The Kier molecular flexibility index (Phi) is 3.81. The Labute approximate surface area is 149 Å². The van der Waals surface area contributed by atoms with Crippen LogP contribution in [0.5, 0.6) is 0 Å². The number of carbonyl (C=O) groups is 1. The van der Waals surface area contributed by atoms with Gasteiger partial charge in [-0.25, -0.2) is 0 Å². The van der Waals surface area contributed by atoms with E-state index in [1.807, 2.05) is 30.3 Å². The van der Waals surface area contributed by atoms with Crippen LogP contribution in [0.15, 0.2) is 59.4 Å². The topological polar surface area (TPSA) is 82.9 Å². The molecule has 128 valence electrons. The molecule has 1 aromatic heterocycles. The summed E-state index contributed by atoms with van der Waals surface area (Å²) < 4.78 is 5.47. The number of nitriles is 1. The average Bonchev–Trinajstić information content (AvgIpc) is 3.48. The van der Waals surface area contributed by atoms with Crippen LogP contribution in [0.25, 0.3) is 10.9 Å². The van der Waals surface area contributed by atoms with Gasteiger partial charge in [-0.2, -0.15) is 5.26 Å². The summed E-state index contributed by atoms with van der Waals surface area (Å²) in [4.78, 5) is 27.7.